The van der Waals surface area contributed by atoms with Gasteiger partial charge in [-0.05, 0) is 48.0 Å². The van der Waals surface area contributed by atoms with Crippen LogP contribution in [-0.2, 0) is 9.59 Å². The van der Waals surface area contributed by atoms with Gasteiger partial charge in [0.15, 0.2) is 5.75 Å². The lowest BCUT2D eigenvalue weighted by Gasteiger charge is -2.26. The number of rotatable bonds is 4. The summed E-state index contributed by atoms with van der Waals surface area (Å²) in [6, 6.07) is 8.40. The van der Waals surface area contributed by atoms with Crippen LogP contribution >= 0.6 is 23.2 Å². The van der Waals surface area contributed by atoms with Crippen molar-refractivity contribution in [3.05, 3.63) is 57.6 Å². The average molecular weight is 421 g/mol. The van der Waals surface area contributed by atoms with E-state index < -0.39 is 17.8 Å². The Hall–Kier alpha value is -3.03. The lowest BCUT2D eigenvalue weighted by molar-refractivity contribution is -0.122. The van der Waals surface area contributed by atoms with E-state index in [1.165, 1.54) is 44.6 Å². The molecule has 0 saturated carbocycles. The predicted molar refractivity (Wildman–Crippen MR) is 105 cm³/mol. The van der Waals surface area contributed by atoms with E-state index in [0.717, 1.165) is 4.90 Å². The Labute approximate surface area is 170 Å². The number of amides is 4. The molecule has 7 nitrogen and oxygen atoms in total. The number of methoxy groups -OCH3 is 2. The zero-order valence-corrected chi connectivity index (χ0v) is 16.3. The first-order chi connectivity index (χ1) is 13.3. The first-order valence-electron chi connectivity index (χ1n) is 7.94. The Morgan fingerprint density at radius 3 is 2.11 bits per heavy atom. The van der Waals surface area contributed by atoms with Crippen LogP contribution in [0.1, 0.15) is 5.56 Å². The number of barbiturate groups is 1. The lowest BCUT2D eigenvalue weighted by Crippen LogP contribution is -2.54. The van der Waals surface area contributed by atoms with Crippen molar-refractivity contribution in [2.45, 2.75) is 0 Å². The molecule has 9 heteroatoms. The second-order valence-electron chi connectivity index (χ2n) is 5.67. The quantitative estimate of drug-likeness (QED) is 0.602. The van der Waals surface area contributed by atoms with E-state index in [-0.39, 0.29) is 27.1 Å². The molecular weight excluding hydrogens is 407 g/mol. The molecule has 2 aromatic carbocycles. The fraction of sp³-hybridized carbons (Fsp3) is 0.105. The number of nitrogens with zero attached hydrogens (tertiary/aromatic N) is 1. The SMILES string of the molecule is COc1ccc(N2C(=O)NC(=O)/C(=C\c3cc(Cl)c(OC)c(Cl)c3)C2=O)cc1. The molecule has 144 valence electrons. The largest absolute Gasteiger partial charge is 0.497 e. The molecule has 28 heavy (non-hydrogen) atoms. The van der Waals surface area contributed by atoms with E-state index >= 15 is 0 Å². The maximum Gasteiger partial charge on any atom is 0.335 e. The van der Waals surface area contributed by atoms with Crippen molar-refractivity contribution in [1.82, 2.24) is 5.32 Å². The third-order valence-corrected chi connectivity index (χ3v) is 4.53. The molecule has 0 radical (unpaired) electrons. The van der Waals surface area contributed by atoms with Crippen molar-refractivity contribution >= 4 is 52.8 Å². The predicted octanol–water partition coefficient (Wildman–Crippen LogP) is 3.68. The summed E-state index contributed by atoms with van der Waals surface area (Å²) in [5.41, 5.74) is 0.443. The summed E-state index contributed by atoms with van der Waals surface area (Å²) in [5, 5.41) is 2.58. The summed E-state index contributed by atoms with van der Waals surface area (Å²) in [5.74, 6) is -0.757. The minimum Gasteiger partial charge on any atom is -0.497 e. The molecule has 1 aliphatic rings. The van der Waals surface area contributed by atoms with Gasteiger partial charge in [-0.25, -0.2) is 9.69 Å². The highest BCUT2D eigenvalue weighted by atomic mass is 35.5. The standard InChI is InChI=1S/C19H14Cl2N2O5/c1-27-12-5-3-11(4-6-12)23-18(25)13(17(24)22-19(23)26)7-10-8-14(20)16(28-2)15(21)9-10/h3-9H,1-2H3,(H,22,24,26)/b13-7+. The van der Waals surface area contributed by atoms with Gasteiger partial charge in [0.2, 0.25) is 0 Å². The van der Waals surface area contributed by atoms with Gasteiger partial charge in [0.05, 0.1) is 30.0 Å². The molecule has 0 bridgehead atoms. The van der Waals surface area contributed by atoms with Crippen LogP contribution in [-0.4, -0.2) is 32.1 Å². The van der Waals surface area contributed by atoms with E-state index in [4.69, 9.17) is 32.7 Å². The number of carbonyl (C=O) groups is 3. The van der Waals surface area contributed by atoms with Gasteiger partial charge in [0.25, 0.3) is 11.8 Å². The van der Waals surface area contributed by atoms with Gasteiger partial charge in [0.1, 0.15) is 11.3 Å². The highest BCUT2D eigenvalue weighted by Crippen LogP contribution is 2.35. The van der Waals surface area contributed by atoms with Crippen LogP contribution in [0.25, 0.3) is 6.08 Å². The van der Waals surface area contributed by atoms with E-state index in [1.54, 1.807) is 12.1 Å². The van der Waals surface area contributed by atoms with Crippen molar-refractivity contribution < 1.29 is 23.9 Å². The van der Waals surface area contributed by atoms with E-state index in [0.29, 0.717) is 11.3 Å². The van der Waals surface area contributed by atoms with Crippen LogP contribution in [0.5, 0.6) is 11.5 Å². The first-order valence-corrected chi connectivity index (χ1v) is 8.70. The van der Waals surface area contributed by atoms with Crippen molar-refractivity contribution in [2.24, 2.45) is 0 Å². The van der Waals surface area contributed by atoms with Gasteiger partial charge in [-0.2, -0.15) is 0 Å². The highest BCUT2D eigenvalue weighted by molar-refractivity contribution is 6.40. The summed E-state index contributed by atoms with van der Waals surface area (Å²) < 4.78 is 10.1. The fourth-order valence-electron chi connectivity index (χ4n) is 2.65. The topological polar surface area (TPSA) is 84.9 Å². The number of nitrogens with one attached hydrogen (secondary N) is 1. The minimum atomic E-state index is -0.844. The van der Waals surface area contributed by atoms with Gasteiger partial charge in [-0.1, -0.05) is 23.2 Å². The number of urea groups is 1. The maximum atomic E-state index is 12.9. The molecule has 1 aliphatic heterocycles. The monoisotopic (exact) mass is 420 g/mol. The summed E-state index contributed by atoms with van der Waals surface area (Å²) in [6.07, 6.45) is 1.30. The van der Waals surface area contributed by atoms with Crippen molar-refractivity contribution in [2.75, 3.05) is 19.1 Å². The minimum absolute atomic E-state index is 0.216. The summed E-state index contributed by atoms with van der Waals surface area (Å²) in [6.45, 7) is 0. The highest BCUT2D eigenvalue weighted by Gasteiger charge is 2.36. The van der Waals surface area contributed by atoms with Gasteiger partial charge >= 0.3 is 6.03 Å². The van der Waals surface area contributed by atoms with Crippen LogP contribution in [0.3, 0.4) is 0 Å². The molecular formula is C19H14Cl2N2O5. The fourth-order valence-corrected chi connectivity index (χ4v) is 3.31. The second kappa shape index (κ2) is 7.92. The van der Waals surface area contributed by atoms with Crippen LogP contribution in [0.4, 0.5) is 10.5 Å². The molecule has 1 heterocycles. The Morgan fingerprint density at radius 2 is 1.57 bits per heavy atom. The first kappa shape index (κ1) is 19.7. The third kappa shape index (κ3) is 3.67. The second-order valence-corrected chi connectivity index (χ2v) is 6.49. The Balaban J connectivity index is 2.01. The zero-order chi connectivity index (χ0) is 20.4. The molecule has 0 spiro atoms. The number of imide groups is 2. The number of carbonyl (C=O) groups excluding carboxylic acids is 3. The average Bonchev–Trinajstić information content (AvgIpc) is 2.65. The number of halogens is 2. The number of anilines is 1. The molecule has 0 atom stereocenters. The molecule has 0 aliphatic carbocycles. The van der Waals surface area contributed by atoms with Crippen LogP contribution in [0.2, 0.25) is 10.0 Å². The molecule has 1 fully saturated rings. The van der Waals surface area contributed by atoms with E-state index in [1.807, 2.05) is 0 Å². The zero-order valence-electron chi connectivity index (χ0n) is 14.8. The number of hydrogen-bond acceptors (Lipinski definition) is 5. The summed E-state index contributed by atoms with van der Waals surface area (Å²) >= 11 is 12.2. The Kier molecular flexibility index (Phi) is 5.58. The van der Waals surface area contributed by atoms with Crippen LogP contribution in [0.15, 0.2) is 42.0 Å². The number of ether oxygens (including phenoxy) is 2. The van der Waals surface area contributed by atoms with E-state index in [2.05, 4.69) is 5.32 Å². The normalized spacial score (nSPS) is 15.6. The Morgan fingerprint density at radius 1 is 0.964 bits per heavy atom. The molecule has 0 aromatic heterocycles. The van der Waals surface area contributed by atoms with Crippen LogP contribution in [0, 0.1) is 0 Å². The number of hydrogen-bond donors (Lipinski definition) is 1. The molecule has 1 saturated heterocycles. The van der Waals surface area contributed by atoms with Gasteiger partial charge in [-0.15, -0.1) is 0 Å². The molecule has 0 unspecified atom stereocenters. The lowest BCUT2D eigenvalue weighted by atomic mass is 10.1. The van der Waals surface area contributed by atoms with Gasteiger partial charge in [0, 0.05) is 0 Å². The van der Waals surface area contributed by atoms with E-state index in [9.17, 15) is 14.4 Å². The van der Waals surface area contributed by atoms with Gasteiger partial charge < -0.3 is 9.47 Å². The van der Waals surface area contributed by atoms with Crippen molar-refractivity contribution in [1.29, 1.82) is 0 Å². The maximum absolute atomic E-state index is 12.9. The van der Waals surface area contributed by atoms with Crippen molar-refractivity contribution in [3.63, 3.8) is 0 Å². The number of benzene rings is 2. The smallest absolute Gasteiger partial charge is 0.335 e. The van der Waals surface area contributed by atoms with Gasteiger partial charge in [-0.3, -0.25) is 14.9 Å². The molecule has 2 aromatic rings. The van der Waals surface area contributed by atoms with Crippen molar-refractivity contribution in [3.8, 4) is 11.5 Å². The van der Waals surface area contributed by atoms with Crippen LogP contribution < -0.4 is 19.7 Å². The Bertz CT molecular complexity index is 979. The molecule has 3 rings (SSSR count). The summed E-state index contributed by atoms with van der Waals surface area (Å²) in [7, 11) is 2.92. The molecule has 1 N–H and O–H groups in total. The third-order valence-electron chi connectivity index (χ3n) is 3.97. The summed E-state index contributed by atoms with van der Waals surface area (Å²) in [4.78, 5) is 38.2. The molecule has 4 amide bonds.